The fraction of sp³-hybridized carbons (Fsp3) is 0.350. The summed E-state index contributed by atoms with van der Waals surface area (Å²) in [5.74, 6) is 0.529. The summed E-state index contributed by atoms with van der Waals surface area (Å²) in [6.45, 7) is 5.80. The highest BCUT2D eigenvalue weighted by molar-refractivity contribution is 6.30. The normalized spacial score (nSPS) is 10.8. The van der Waals surface area contributed by atoms with Gasteiger partial charge in [-0.15, -0.1) is 0 Å². The Hall–Kier alpha value is -1.84. The number of anilines is 1. The van der Waals surface area contributed by atoms with Crippen LogP contribution in [0.3, 0.4) is 0 Å². The fourth-order valence-corrected chi connectivity index (χ4v) is 2.64. The molecule has 0 aliphatic rings. The van der Waals surface area contributed by atoms with Gasteiger partial charge in [0.2, 0.25) is 5.91 Å². The van der Waals surface area contributed by atoms with Gasteiger partial charge in [0.1, 0.15) is 0 Å². The predicted molar refractivity (Wildman–Crippen MR) is 102 cm³/mol. The van der Waals surface area contributed by atoms with Gasteiger partial charge in [0.25, 0.3) is 0 Å². The molecule has 0 unspecified atom stereocenters. The van der Waals surface area contributed by atoms with Crippen LogP contribution in [-0.4, -0.2) is 19.0 Å². The Labute approximate surface area is 149 Å². The van der Waals surface area contributed by atoms with Crippen LogP contribution in [0.4, 0.5) is 5.69 Å². The van der Waals surface area contributed by atoms with Crippen molar-refractivity contribution in [2.45, 2.75) is 32.6 Å². The zero-order valence-corrected chi connectivity index (χ0v) is 15.1. The molecule has 0 spiro atoms. The van der Waals surface area contributed by atoms with E-state index in [0.29, 0.717) is 18.9 Å². The summed E-state index contributed by atoms with van der Waals surface area (Å²) >= 11 is 5.96. The highest BCUT2D eigenvalue weighted by Gasteiger charge is 2.03. The zero-order chi connectivity index (χ0) is 17.4. The first-order chi connectivity index (χ1) is 11.5. The standard InChI is InChI=1S/C20H25ClN2O/c1-15(2)17-6-8-19(9-7-17)23-20(24)11-13-22-12-10-16-4-3-5-18(21)14-16/h3-9,14-15,22H,10-13H2,1-2H3,(H,23,24). The minimum absolute atomic E-state index is 0.0301. The molecule has 3 nitrogen and oxygen atoms in total. The first-order valence-electron chi connectivity index (χ1n) is 8.39. The summed E-state index contributed by atoms with van der Waals surface area (Å²) in [5.41, 5.74) is 3.32. The van der Waals surface area contributed by atoms with Gasteiger partial charge in [-0.3, -0.25) is 4.79 Å². The highest BCUT2D eigenvalue weighted by Crippen LogP contribution is 2.17. The summed E-state index contributed by atoms with van der Waals surface area (Å²) in [4.78, 5) is 11.9. The van der Waals surface area contributed by atoms with Crippen molar-refractivity contribution in [1.29, 1.82) is 0 Å². The third-order valence-corrected chi connectivity index (χ3v) is 4.10. The lowest BCUT2D eigenvalue weighted by atomic mass is 10.0. The van der Waals surface area contributed by atoms with E-state index in [0.717, 1.165) is 23.7 Å². The van der Waals surface area contributed by atoms with Crippen LogP contribution in [0.5, 0.6) is 0 Å². The number of halogens is 1. The SMILES string of the molecule is CC(C)c1ccc(NC(=O)CCNCCc2cccc(Cl)c2)cc1. The molecule has 0 saturated carbocycles. The second-order valence-corrected chi connectivity index (χ2v) is 6.64. The molecule has 0 saturated heterocycles. The van der Waals surface area contributed by atoms with Crippen molar-refractivity contribution in [3.63, 3.8) is 0 Å². The monoisotopic (exact) mass is 344 g/mol. The molecule has 0 radical (unpaired) electrons. The van der Waals surface area contributed by atoms with Gasteiger partial charge in [0.05, 0.1) is 0 Å². The molecule has 24 heavy (non-hydrogen) atoms. The van der Waals surface area contributed by atoms with Crippen LogP contribution in [0.2, 0.25) is 5.02 Å². The van der Waals surface area contributed by atoms with E-state index in [2.05, 4.69) is 42.7 Å². The Bertz CT molecular complexity index is 653. The van der Waals surface area contributed by atoms with Crippen LogP contribution in [0.15, 0.2) is 48.5 Å². The number of carbonyl (C=O) groups excluding carboxylic acids is 1. The highest BCUT2D eigenvalue weighted by atomic mass is 35.5. The summed E-state index contributed by atoms with van der Waals surface area (Å²) in [5, 5.41) is 6.98. The Morgan fingerprint density at radius 2 is 1.83 bits per heavy atom. The topological polar surface area (TPSA) is 41.1 Å². The van der Waals surface area contributed by atoms with E-state index < -0.39 is 0 Å². The second kappa shape index (κ2) is 9.45. The van der Waals surface area contributed by atoms with Crippen LogP contribution in [0.25, 0.3) is 0 Å². The van der Waals surface area contributed by atoms with E-state index in [1.165, 1.54) is 11.1 Å². The fourth-order valence-electron chi connectivity index (χ4n) is 2.43. The summed E-state index contributed by atoms with van der Waals surface area (Å²) in [7, 11) is 0. The average Bonchev–Trinajstić information content (AvgIpc) is 2.55. The van der Waals surface area contributed by atoms with Crippen LogP contribution >= 0.6 is 11.6 Å². The van der Waals surface area contributed by atoms with E-state index in [1.807, 2.05) is 30.3 Å². The van der Waals surface area contributed by atoms with Gasteiger partial charge < -0.3 is 10.6 Å². The van der Waals surface area contributed by atoms with Gasteiger partial charge in [0, 0.05) is 23.7 Å². The lowest BCUT2D eigenvalue weighted by molar-refractivity contribution is -0.116. The molecular weight excluding hydrogens is 320 g/mol. The number of amides is 1. The minimum atomic E-state index is 0.0301. The van der Waals surface area contributed by atoms with E-state index >= 15 is 0 Å². The van der Waals surface area contributed by atoms with Gasteiger partial charge in [-0.2, -0.15) is 0 Å². The largest absolute Gasteiger partial charge is 0.326 e. The summed E-state index contributed by atoms with van der Waals surface area (Å²) in [6.07, 6.45) is 1.36. The van der Waals surface area contributed by atoms with Crippen LogP contribution in [0, 0.1) is 0 Å². The third kappa shape index (κ3) is 6.34. The van der Waals surface area contributed by atoms with Crippen LogP contribution in [-0.2, 0) is 11.2 Å². The van der Waals surface area contributed by atoms with Crippen molar-refractivity contribution < 1.29 is 4.79 Å². The molecule has 0 aromatic heterocycles. The van der Waals surface area contributed by atoms with Gasteiger partial charge in [0.15, 0.2) is 0 Å². The number of nitrogens with one attached hydrogen (secondary N) is 2. The molecule has 1 amide bonds. The minimum Gasteiger partial charge on any atom is -0.326 e. The van der Waals surface area contributed by atoms with Crippen molar-refractivity contribution in [1.82, 2.24) is 5.32 Å². The second-order valence-electron chi connectivity index (χ2n) is 6.20. The average molecular weight is 345 g/mol. The zero-order valence-electron chi connectivity index (χ0n) is 14.3. The summed E-state index contributed by atoms with van der Waals surface area (Å²) in [6, 6.07) is 15.9. The van der Waals surface area contributed by atoms with E-state index in [1.54, 1.807) is 0 Å². The van der Waals surface area contributed by atoms with Gasteiger partial charge in [-0.1, -0.05) is 49.7 Å². The van der Waals surface area contributed by atoms with Crippen molar-refractivity contribution >= 4 is 23.2 Å². The maximum absolute atomic E-state index is 11.9. The van der Waals surface area contributed by atoms with Crippen molar-refractivity contribution in [2.75, 3.05) is 18.4 Å². The molecule has 2 N–H and O–H groups in total. The Balaban J connectivity index is 1.64. The van der Waals surface area contributed by atoms with Gasteiger partial charge in [-0.25, -0.2) is 0 Å². The third-order valence-electron chi connectivity index (χ3n) is 3.87. The Kier molecular flexibility index (Phi) is 7.29. The molecule has 128 valence electrons. The number of benzene rings is 2. The number of carbonyl (C=O) groups is 1. The molecule has 0 fully saturated rings. The number of rotatable bonds is 8. The Morgan fingerprint density at radius 3 is 2.50 bits per heavy atom. The van der Waals surface area contributed by atoms with E-state index in [9.17, 15) is 4.79 Å². The molecule has 2 aromatic carbocycles. The van der Waals surface area contributed by atoms with E-state index in [-0.39, 0.29) is 5.91 Å². The molecule has 4 heteroatoms. The number of hydrogen-bond donors (Lipinski definition) is 2. The smallest absolute Gasteiger partial charge is 0.225 e. The molecule has 0 bridgehead atoms. The summed E-state index contributed by atoms with van der Waals surface area (Å²) < 4.78 is 0. The molecule has 0 aliphatic carbocycles. The molecule has 2 aromatic rings. The van der Waals surface area contributed by atoms with Gasteiger partial charge >= 0.3 is 0 Å². The van der Waals surface area contributed by atoms with Crippen LogP contribution < -0.4 is 10.6 Å². The maximum Gasteiger partial charge on any atom is 0.225 e. The number of hydrogen-bond acceptors (Lipinski definition) is 2. The van der Waals surface area contributed by atoms with Crippen LogP contribution in [0.1, 0.15) is 37.3 Å². The lowest BCUT2D eigenvalue weighted by Gasteiger charge is -2.09. The molecule has 0 aliphatic heterocycles. The van der Waals surface area contributed by atoms with Crippen molar-refractivity contribution in [3.8, 4) is 0 Å². The van der Waals surface area contributed by atoms with E-state index in [4.69, 9.17) is 11.6 Å². The maximum atomic E-state index is 11.9. The van der Waals surface area contributed by atoms with Gasteiger partial charge in [-0.05, 0) is 54.3 Å². The molecular formula is C20H25ClN2O. The molecule has 0 atom stereocenters. The predicted octanol–water partition coefficient (Wildman–Crippen LogP) is 4.62. The first-order valence-corrected chi connectivity index (χ1v) is 8.77. The van der Waals surface area contributed by atoms with Crippen molar-refractivity contribution in [3.05, 3.63) is 64.7 Å². The molecule has 0 heterocycles. The quantitative estimate of drug-likeness (QED) is 0.686. The first kappa shape index (κ1) is 18.5. The molecule has 2 rings (SSSR count). The van der Waals surface area contributed by atoms with Crippen molar-refractivity contribution in [2.24, 2.45) is 0 Å². The Morgan fingerprint density at radius 1 is 1.08 bits per heavy atom. The lowest BCUT2D eigenvalue weighted by Crippen LogP contribution is -2.23.